The number of rotatable bonds is 4. The Balaban J connectivity index is 1.60. The highest BCUT2D eigenvalue weighted by molar-refractivity contribution is 5.58. The van der Waals surface area contributed by atoms with E-state index >= 15 is 0 Å². The van der Waals surface area contributed by atoms with Gasteiger partial charge in [0.1, 0.15) is 12.4 Å². The lowest BCUT2D eigenvalue weighted by Crippen LogP contribution is -2.44. The van der Waals surface area contributed by atoms with Gasteiger partial charge in [-0.15, -0.1) is 0 Å². The van der Waals surface area contributed by atoms with Gasteiger partial charge < -0.3 is 20.3 Å². The number of piperazine rings is 1. The van der Waals surface area contributed by atoms with Crippen LogP contribution in [0.4, 0.5) is 5.82 Å². The van der Waals surface area contributed by atoms with Gasteiger partial charge >= 0.3 is 0 Å². The molecule has 1 saturated heterocycles. The van der Waals surface area contributed by atoms with E-state index in [0.717, 1.165) is 43.6 Å². The zero-order valence-electron chi connectivity index (χ0n) is 11.2. The van der Waals surface area contributed by atoms with E-state index in [1.807, 2.05) is 6.08 Å². The van der Waals surface area contributed by atoms with Crippen molar-refractivity contribution in [3.8, 4) is 0 Å². The van der Waals surface area contributed by atoms with E-state index in [4.69, 9.17) is 4.74 Å². The average molecular weight is 274 g/mol. The SMILES string of the molecule is C1=NCC=C(OCc2cncc(N3CCNCC3)n2)N1. The van der Waals surface area contributed by atoms with Crippen LogP contribution in [0.5, 0.6) is 0 Å². The molecule has 0 bridgehead atoms. The van der Waals surface area contributed by atoms with Crippen LogP contribution in [0, 0.1) is 0 Å². The molecule has 1 fully saturated rings. The molecule has 0 amide bonds. The fourth-order valence-electron chi connectivity index (χ4n) is 2.12. The van der Waals surface area contributed by atoms with Crippen molar-refractivity contribution >= 4 is 12.2 Å². The number of nitrogens with one attached hydrogen (secondary N) is 2. The Labute approximate surface area is 117 Å². The molecule has 3 rings (SSSR count). The van der Waals surface area contributed by atoms with E-state index in [0.29, 0.717) is 13.2 Å². The molecule has 0 radical (unpaired) electrons. The van der Waals surface area contributed by atoms with Crippen LogP contribution in [0.1, 0.15) is 5.69 Å². The second-order valence-corrected chi connectivity index (χ2v) is 4.60. The average Bonchev–Trinajstić information content (AvgIpc) is 2.55. The first kappa shape index (κ1) is 12.9. The van der Waals surface area contributed by atoms with Crippen molar-refractivity contribution in [3.05, 3.63) is 30.0 Å². The van der Waals surface area contributed by atoms with Gasteiger partial charge in [-0.1, -0.05) is 0 Å². The lowest BCUT2D eigenvalue weighted by Gasteiger charge is -2.28. The van der Waals surface area contributed by atoms with E-state index in [2.05, 4.69) is 30.5 Å². The fourth-order valence-corrected chi connectivity index (χ4v) is 2.12. The Morgan fingerprint density at radius 1 is 1.25 bits per heavy atom. The summed E-state index contributed by atoms with van der Waals surface area (Å²) in [5, 5.41) is 6.27. The molecule has 2 N–H and O–H groups in total. The lowest BCUT2D eigenvalue weighted by atomic mass is 10.3. The molecule has 7 nitrogen and oxygen atoms in total. The summed E-state index contributed by atoms with van der Waals surface area (Å²) in [5.41, 5.74) is 0.825. The van der Waals surface area contributed by atoms with Gasteiger partial charge in [-0.25, -0.2) is 4.98 Å². The van der Waals surface area contributed by atoms with Crippen LogP contribution in [0.3, 0.4) is 0 Å². The van der Waals surface area contributed by atoms with Crippen LogP contribution in [0.15, 0.2) is 29.3 Å². The molecule has 0 aliphatic carbocycles. The normalized spacial score (nSPS) is 18.4. The number of aromatic nitrogens is 2. The van der Waals surface area contributed by atoms with Crippen LogP contribution in [-0.2, 0) is 11.3 Å². The van der Waals surface area contributed by atoms with Crippen LogP contribution in [0.2, 0.25) is 0 Å². The topological polar surface area (TPSA) is 74.7 Å². The number of ether oxygens (including phenoxy) is 1. The van der Waals surface area contributed by atoms with Crippen molar-refractivity contribution in [1.29, 1.82) is 0 Å². The smallest absolute Gasteiger partial charge is 0.189 e. The largest absolute Gasteiger partial charge is 0.473 e. The first-order valence-electron chi connectivity index (χ1n) is 6.76. The Morgan fingerprint density at radius 3 is 2.95 bits per heavy atom. The van der Waals surface area contributed by atoms with Crippen molar-refractivity contribution in [3.63, 3.8) is 0 Å². The van der Waals surface area contributed by atoms with Gasteiger partial charge in [-0.2, -0.15) is 0 Å². The monoisotopic (exact) mass is 274 g/mol. The van der Waals surface area contributed by atoms with E-state index in [-0.39, 0.29) is 0 Å². The van der Waals surface area contributed by atoms with Gasteiger partial charge in [-0.3, -0.25) is 9.98 Å². The Hall–Kier alpha value is -2.15. The standard InChI is InChI=1S/C13H18N6O/c1-2-15-10-17-13(1)20-9-11-7-16-8-12(18-11)19-5-3-14-4-6-19/h1,7-8,10,14H,2-6,9H2,(H,15,17). The molecule has 20 heavy (non-hydrogen) atoms. The molecule has 2 aliphatic rings. The summed E-state index contributed by atoms with van der Waals surface area (Å²) >= 11 is 0. The van der Waals surface area contributed by atoms with Gasteiger partial charge in [0.05, 0.1) is 31.0 Å². The number of anilines is 1. The highest BCUT2D eigenvalue weighted by Crippen LogP contribution is 2.11. The summed E-state index contributed by atoms with van der Waals surface area (Å²) in [6, 6.07) is 0. The number of aliphatic imine (C=N–C) groups is 1. The molecule has 106 valence electrons. The van der Waals surface area contributed by atoms with Crippen LogP contribution < -0.4 is 15.5 Å². The maximum atomic E-state index is 5.64. The highest BCUT2D eigenvalue weighted by atomic mass is 16.5. The van der Waals surface area contributed by atoms with E-state index in [1.165, 1.54) is 0 Å². The molecule has 0 saturated carbocycles. The van der Waals surface area contributed by atoms with Crippen molar-refractivity contribution < 1.29 is 4.74 Å². The summed E-state index contributed by atoms with van der Waals surface area (Å²) < 4.78 is 5.64. The molecular formula is C13H18N6O. The third-order valence-corrected chi connectivity index (χ3v) is 3.17. The molecule has 0 aromatic carbocycles. The quantitative estimate of drug-likeness (QED) is 0.797. The Bertz CT molecular complexity index is 509. The van der Waals surface area contributed by atoms with E-state index in [9.17, 15) is 0 Å². The third kappa shape index (κ3) is 3.24. The van der Waals surface area contributed by atoms with Crippen molar-refractivity contribution in [2.45, 2.75) is 6.61 Å². The highest BCUT2D eigenvalue weighted by Gasteiger charge is 2.12. The van der Waals surface area contributed by atoms with Crippen molar-refractivity contribution in [2.24, 2.45) is 4.99 Å². The predicted octanol–water partition coefficient (Wildman–Crippen LogP) is -0.124. The first-order valence-corrected chi connectivity index (χ1v) is 6.76. The van der Waals surface area contributed by atoms with E-state index < -0.39 is 0 Å². The van der Waals surface area contributed by atoms with Gasteiger partial charge in [-0.05, 0) is 6.08 Å². The zero-order chi connectivity index (χ0) is 13.6. The second-order valence-electron chi connectivity index (χ2n) is 4.60. The summed E-state index contributed by atoms with van der Waals surface area (Å²) in [6.07, 6.45) is 7.08. The molecular weight excluding hydrogens is 256 g/mol. The van der Waals surface area contributed by atoms with Gasteiger partial charge in [0.25, 0.3) is 0 Å². The molecule has 1 aromatic rings. The first-order chi connectivity index (χ1) is 9.92. The van der Waals surface area contributed by atoms with Crippen molar-refractivity contribution in [2.75, 3.05) is 37.6 Å². The summed E-state index contributed by atoms with van der Waals surface area (Å²) in [4.78, 5) is 15.1. The maximum Gasteiger partial charge on any atom is 0.189 e. The Morgan fingerprint density at radius 2 is 2.15 bits per heavy atom. The van der Waals surface area contributed by atoms with Crippen LogP contribution >= 0.6 is 0 Å². The molecule has 0 spiro atoms. The Kier molecular flexibility index (Phi) is 4.07. The third-order valence-electron chi connectivity index (χ3n) is 3.17. The number of hydrogen-bond donors (Lipinski definition) is 2. The number of hydrogen-bond acceptors (Lipinski definition) is 7. The van der Waals surface area contributed by atoms with E-state index in [1.54, 1.807) is 18.7 Å². The molecule has 1 aromatic heterocycles. The minimum absolute atomic E-state index is 0.402. The molecule has 2 aliphatic heterocycles. The summed E-state index contributed by atoms with van der Waals surface area (Å²) in [6.45, 7) is 4.94. The molecule has 3 heterocycles. The second kappa shape index (κ2) is 6.33. The van der Waals surface area contributed by atoms with Crippen LogP contribution in [-0.4, -0.2) is 49.0 Å². The van der Waals surface area contributed by atoms with Crippen LogP contribution in [0.25, 0.3) is 0 Å². The molecule has 7 heteroatoms. The number of nitrogens with zero attached hydrogens (tertiary/aromatic N) is 4. The summed E-state index contributed by atoms with van der Waals surface area (Å²) in [7, 11) is 0. The van der Waals surface area contributed by atoms with Gasteiger partial charge in [0.15, 0.2) is 5.88 Å². The molecule has 0 atom stereocenters. The maximum absolute atomic E-state index is 5.64. The molecule has 0 unspecified atom stereocenters. The summed E-state index contributed by atoms with van der Waals surface area (Å²) in [5.74, 6) is 1.63. The minimum atomic E-state index is 0.402. The van der Waals surface area contributed by atoms with Gasteiger partial charge in [0.2, 0.25) is 0 Å². The van der Waals surface area contributed by atoms with Crippen molar-refractivity contribution in [1.82, 2.24) is 20.6 Å². The fraction of sp³-hybridized carbons (Fsp3) is 0.462. The minimum Gasteiger partial charge on any atom is -0.473 e. The lowest BCUT2D eigenvalue weighted by molar-refractivity contribution is 0.182. The predicted molar refractivity (Wildman–Crippen MR) is 76.5 cm³/mol. The zero-order valence-corrected chi connectivity index (χ0v) is 11.2. The van der Waals surface area contributed by atoms with Gasteiger partial charge in [0, 0.05) is 26.2 Å².